The van der Waals surface area contributed by atoms with Crippen molar-refractivity contribution in [1.29, 1.82) is 0 Å². The number of nitrogens with one attached hydrogen (secondary N) is 1. The van der Waals surface area contributed by atoms with Crippen LogP contribution in [0.15, 0.2) is 23.1 Å². The monoisotopic (exact) mass is 383 g/mol. The van der Waals surface area contributed by atoms with Gasteiger partial charge in [0.1, 0.15) is 5.82 Å². The largest absolute Gasteiger partial charge is 0.340 e. The average molecular weight is 384 g/mol. The Labute approximate surface area is 168 Å². The van der Waals surface area contributed by atoms with E-state index in [4.69, 9.17) is 5.10 Å². The molecule has 2 aliphatic rings. The number of rotatable bonds is 4. The van der Waals surface area contributed by atoms with Crippen LogP contribution in [0.3, 0.4) is 0 Å². The number of aryl methyl sites for hydroxylation is 1. The van der Waals surface area contributed by atoms with Gasteiger partial charge in [-0.1, -0.05) is 19.4 Å². The molecule has 0 bridgehead atoms. The molecule has 0 saturated heterocycles. The van der Waals surface area contributed by atoms with Gasteiger partial charge in [0.2, 0.25) is 0 Å². The summed E-state index contributed by atoms with van der Waals surface area (Å²) in [6.45, 7) is 11.3. The lowest BCUT2D eigenvalue weighted by Gasteiger charge is -2.23. The molecule has 1 aliphatic heterocycles. The SMILES string of the molecule is CCC1CCC(c2cc(Nc3ccc(C)c4c3CCS4)n(C(C)(C)C)n2)C1. The van der Waals surface area contributed by atoms with Crippen molar-refractivity contribution < 1.29 is 0 Å². The zero-order valence-electron chi connectivity index (χ0n) is 17.4. The first-order valence-corrected chi connectivity index (χ1v) is 11.5. The highest BCUT2D eigenvalue weighted by molar-refractivity contribution is 7.99. The molecule has 1 saturated carbocycles. The smallest absolute Gasteiger partial charge is 0.129 e. The summed E-state index contributed by atoms with van der Waals surface area (Å²) in [5.74, 6) is 3.83. The second-order valence-corrected chi connectivity index (χ2v) is 10.4. The zero-order valence-corrected chi connectivity index (χ0v) is 18.2. The molecule has 27 heavy (non-hydrogen) atoms. The van der Waals surface area contributed by atoms with E-state index in [0.717, 1.165) is 18.2 Å². The van der Waals surface area contributed by atoms with Crippen molar-refractivity contribution in [2.24, 2.45) is 5.92 Å². The maximum atomic E-state index is 5.09. The molecule has 1 aromatic heterocycles. The number of anilines is 2. The van der Waals surface area contributed by atoms with Crippen LogP contribution in [-0.4, -0.2) is 15.5 Å². The second-order valence-electron chi connectivity index (χ2n) is 9.28. The lowest BCUT2D eigenvalue weighted by atomic mass is 10.0. The molecule has 3 nitrogen and oxygen atoms in total. The van der Waals surface area contributed by atoms with Crippen molar-refractivity contribution in [3.8, 4) is 0 Å². The highest BCUT2D eigenvalue weighted by atomic mass is 32.2. The van der Waals surface area contributed by atoms with Gasteiger partial charge in [0, 0.05) is 28.3 Å². The summed E-state index contributed by atoms with van der Waals surface area (Å²) in [7, 11) is 0. The highest BCUT2D eigenvalue weighted by Gasteiger charge is 2.29. The third-order valence-corrected chi connectivity index (χ3v) is 7.48. The third kappa shape index (κ3) is 3.65. The minimum Gasteiger partial charge on any atom is -0.340 e. The summed E-state index contributed by atoms with van der Waals surface area (Å²) in [4.78, 5) is 1.48. The summed E-state index contributed by atoms with van der Waals surface area (Å²) in [5, 5.41) is 8.85. The van der Waals surface area contributed by atoms with Crippen LogP contribution < -0.4 is 5.32 Å². The number of aromatic nitrogens is 2. The van der Waals surface area contributed by atoms with Gasteiger partial charge in [0.05, 0.1) is 11.2 Å². The lowest BCUT2D eigenvalue weighted by molar-refractivity contribution is 0.356. The Kier molecular flexibility index (Phi) is 5.04. The number of thioether (sulfide) groups is 1. The Morgan fingerprint density at radius 2 is 2.07 bits per heavy atom. The number of fused-ring (bicyclic) bond motifs is 1. The Bertz CT molecular complexity index is 831. The van der Waals surface area contributed by atoms with Crippen molar-refractivity contribution in [1.82, 2.24) is 9.78 Å². The average Bonchev–Trinajstić information content (AvgIpc) is 3.35. The molecule has 146 valence electrons. The van der Waals surface area contributed by atoms with Crippen molar-refractivity contribution >= 4 is 23.3 Å². The van der Waals surface area contributed by atoms with Gasteiger partial charge in [-0.2, -0.15) is 5.10 Å². The Balaban J connectivity index is 1.67. The van der Waals surface area contributed by atoms with Gasteiger partial charge in [-0.25, -0.2) is 4.68 Å². The summed E-state index contributed by atoms with van der Waals surface area (Å²) < 4.78 is 2.20. The summed E-state index contributed by atoms with van der Waals surface area (Å²) in [6, 6.07) is 6.83. The van der Waals surface area contributed by atoms with E-state index in [9.17, 15) is 0 Å². The molecule has 0 radical (unpaired) electrons. The fourth-order valence-electron chi connectivity index (χ4n) is 4.62. The van der Waals surface area contributed by atoms with Crippen LogP contribution >= 0.6 is 11.8 Å². The first kappa shape index (κ1) is 18.9. The standard InChI is InChI=1S/C23H33N3S/c1-6-16-8-9-17(13-16)20-14-21(26(25-20)23(3,4)5)24-19-10-7-15(2)22-18(19)11-12-27-22/h7,10,14,16-17,24H,6,8-9,11-13H2,1-5H3. The Morgan fingerprint density at radius 3 is 2.78 bits per heavy atom. The molecule has 2 heterocycles. The molecule has 1 fully saturated rings. The molecule has 0 spiro atoms. The predicted octanol–water partition coefficient (Wildman–Crippen LogP) is 6.63. The van der Waals surface area contributed by atoms with Gasteiger partial charge in [0.25, 0.3) is 0 Å². The first-order chi connectivity index (χ1) is 12.9. The third-order valence-electron chi connectivity index (χ3n) is 6.22. The minimum atomic E-state index is -0.0357. The Morgan fingerprint density at radius 1 is 1.26 bits per heavy atom. The molecule has 1 aliphatic carbocycles. The quantitative estimate of drug-likeness (QED) is 0.642. The zero-order chi connectivity index (χ0) is 19.2. The molecule has 2 unspecified atom stereocenters. The first-order valence-electron chi connectivity index (χ1n) is 10.5. The van der Waals surface area contributed by atoms with Crippen LogP contribution in [0, 0.1) is 12.8 Å². The molecular formula is C23H33N3S. The van der Waals surface area contributed by atoms with Gasteiger partial charge in [-0.05, 0) is 76.5 Å². The predicted molar refractivity (Wildman–Crippen MR) is 116 cm³/mol. The van der Waals surface area contributed by atoms with Crippen molar-refractivity contribution in [3.63, 3.8) is 0 Å². The number of benzene rings is 1. The summed E-state index contributed by atoms with van der Waals surface area (Å²) in [5.41, 5.74) is 5.39. The number of hydrogen-bond acceptors (Lipinski definition) is 3. The van der Waals surface area contributed by atoms with Crippen LogP contribution in [0.25, 0.3) is 0 Å². The van der Waals surface area contributed by atoms with E-state index >= 15 is 0 Å². The molecule has 1 aromatic carbocycles. The van der Waals surface area contributed by atoms with Gasteiger partial charge in [0.15, 0.2) is 0 Å². The van der Waals surface area contributed by atoms with Gasteiger partial charge < -0.3 is 5.32 Å². The van der Waals surface area contributed by atoms with Crippen molar-refractivity contribution in [2.75, 3.05) is 11.1 Å². The summed E-state index contributed by atoms with van der Waals surface area (Å²) >= 11 is 1.99. The van der Waals surface area contributed by atoms with E-state index < -0.39 is 0 Å². The lowest BCUT2D eigenvalue weighted by Crippen LogP contribution is -2.25. The van der Waals surface area contributed by atoms with E-state index in [2.05, 4.69) is 62.8 Å². The van der Waals surface area contributed by atoms with E-state index in [1.807, 2.05) is 11.8 Å². The normalized spacial score (nSPS) is 22.3. The van der Waals surface area contributed by atoms with Crippen LogP contribution in [0.2, 0.25) is 0 Å². The summed E-state index contributed by atoms with van der Waals surface area (Å²) in [6.07, 6.45) is 6.40. The number of hydrogen-bond donors (Lipinski definition) is 1. The van der Waals surface area contributed by atoms with Gasteiger partial charge in [-0.3, -0.25) is 0 Å². The van der Waals surface area contributed by atoms with E-state index in [0.29, 0.717) is 5.92 Å². The minimum absolute atomic E-state index is 0.0357. The van der Waals surface area contributed by atoms with Crippen LogP contribution in [-0.2, 0) is 12.0 Å². The topological polar surface area (TPSA) is 29.9 Å². The van der Waals surface area contributed by atoms with E-state index in [1.54, 1.807) is 0 Å². The van der Waals surface area contributed by atoms with Crippen LogP contribution in [0.1, 0.15) is 76.1 Å². The van der Waals surface area contributed by atoms with Gasteiger partial charge in [-0.15, -0.1) is 11.8 Å². The molecule has 0 amide bonds. The molecule has 4 rings (SSSR count). The maximum absolute atomic E-state index is 5.09. The molecule has 2 atom stereocenters. The molecule has 1 N–H and O–H groups in total. The van der Waals surface area contributed by atoms with Crippen molar-refractivity contribution in [2.45, 2.75) is 83.1 Å². The highest BCUT2D eigenvalue weighted by Crippen LogP contribution is 2.42. The molecule has 4 heteroatoms. The maximum Gasteiger partial charge on any atom is 0.129 e. The van der Waals surface area contributed by atoms with Crippen LogP contribution in [0.5, 0.6) is 0 Å². The Hall–Kier alpha value is -1.42. The second kappa shape index (κ2) is 7.20. The van der Waals surface area contributed by atoms with Crippen molar-refractivity contribution in [3.05, 3.63) is 35.0 Å². The van der Waals surface area contributed by atoms with E-state index in [-0.39, 0.29) is 5.54 Å². The van der Waals surface area contributed by atoms with Crippen LogP contribution in [0.4, 0.5) is 11.5 Å². The molecular weight excluding hydrogens is 350 g/mol. The van der Waals surface area contributed by atoms with E-state index in [1.165, 1.54) is 58.8 Å². The van der Waals surface area contributed by atoms with Gasteiger partial charge >= 0.3 is 0 Å². The number of nitrogens with zero attached hydrogens (tertiary/aromatic N) is 2. The fraction of sp³-hybridized carbons (Fsp3) is 0.609. The fourth-order valence-corrected chi connectivity index (χ4v) is 5.81. The molecule has 2 aromatic rings.